The van der Waals surface area contributed by atoms with Crippen LogP contribution >= 0.6 is 15.9 Å². The quantitative estimate of drug-likeness (QED) is 0.772. The molecule has 94 valence electrons. The molecule has 1 aliphatic rings. The van der Waals surface area contributed by atoms with Crippen molar-refractivity contribution in [3.8, 4) is 5.75 Å². The van der Waals surface area contributed by atoms with E-state index in [-0.39, 0.29) is 0 Å². The van der Waals surface area contributed by atoms with Crippen LogP contribution in [-0.4, -0.2) is 11.1 Å². The lowest BCUT2D eigenvalue weighted by Gasteiger charge is -2.31. The van der Waals surface area contributed by atoms with Crippen LogP contribution in [0.1, 0.15) is 44.7 Å². The van der Waals surface area contributed by atoms with Crippen molar-refractivity contribution in [2.45, 2.75) is 50.5 Å². The summed E-state index contributed by atoms with van der Waals surface area (Å²) in [6, 6.07) is 4.05. The molecular weight excluding hydrogens is 278 g/mol. The van der Waals surface area contributed by atoms with Crippen molar-refractivity contribution in [3.05, 3.63) is 24.0 Å². The van der Waals surface area contributed by atoms with Crippen LogP contribution in [0.15, 0.2) is 18.3 Å². The lowest BCUT2D eigenvalue weighted by atomic mass is 9.85. The number of rotatable bonds is 4. The normalized spacial score (nSPS) is 24.6. The summed E-state index contributed by atoms with van der Waals surface area (Å²) in [5.41, 5.74) is 1.05. The monoisotopic (exact) mass is 297 g/mol. The van der Waals surface area contributed by atoms with Gasteiger partial charge < -0.3 is 4.74 Å². The van der Waals surface area contributed by atoms with Crippen LogP contribution in [0, 0.1) is 5.92 Å². The summed E-state index contributed by atoms with van der Waals surface area (Å²) in [6.07, 6.45) is 8.63. The number of alkyl halides is 1. The topological polar surface area (TPSA) is 22.1 Å². The van der Waals surface area contributed by atoms with Crippen LogP contribution in [0.2, 0.25) is 0 Å². The van der Waals surface area contributed by atoms with Crippen LogP contribution in [0.3, 0.4) is 0 Å². The number of hydrogen-bond acceptors (Lipinski definition) is 2. The van der Waals surface area contributed by atoms with E-state index in [0.29, 0.717) is 6.10 Å². The molecule has 0 N–H and O–H groups in total. The Balaban J connectivity index is 1.98. The fourth-order valence-electron chi connectivity index (χ4n) is 2.53. The summed E-state index contributed by atoms with van der Waals surface area (Å²) in [6.45, 7) is 2.26. The molecule has 1 saturated carbocycles. The van der Waals surface area contributed by atoms with E-state index in [9.17, 15) is 0 Å². The number of halogens is 1. The molecule has 0 radical (unpaired) electrons. The fourth-order valence-corrected chi connectivity index (χ4v) is 2.86. The largest absolute Gasteiger partial charge is 0.489 e. The predicted octanol–water partition coefficient (Wildman–Crippen LogP) is 4.32. The van der Waals surface area contributed by atoms with Gasteiger partial charge in [-0.2, -0.15) is 0 Å². The predicted molar refractivity (Wildman–Crippen MR) is 73.5 cm³/mol. The van der Waals surface area contributed by atoms with E-state index in [1.54, 1.807) is 0 Å². The molecule has 3 heteroatoms. The number of hydrogen-bond donors (Lipinski definition) is 0. The molecule has 17 heavy (non-hydrogen) atoms. The molecule has 0 saturated heterocycles. The van der Waals surface area contributed by atoms with Gasteiger partial charge in [0, 0.05) is 5.33 Å². The second-order valence-corrected chi connectivity index (χ2v) is 5.29. The first-order chi connectivity index (χ1) is 8.33. The molecule has 2 nitrogen and oxygen atoms in total. The standard InChI is InChI=1S/C14H20BrNO/c1-2-11-5-3-4-6-14(11)17-13-8-7-12(9-15)16-10-13/h7-8,10-11,14H,2-6,9H2,1H3. The molecule has 2 unspecified atom stereocenters. The highest BCUT2D eigenvalue weighted by Gasteiger charge is 2.25. The van der Waals surface area contributed by atoms with E-state index in [1.807, 2.05) is 18.3 Å². The minimum Gasteiger partial charge on any atom is -0.489 e. The van der Waals surface area contributed by atoms with Crippen molar-refractivity contribution >= 4 is 15.9 Å². The molecule has 0 aliphatic heterocycles. The van der Waals surface area contributed by atoms with Gasteiger partial charge in [-0.15, -0.1) is 0 Å². The first-order valence-corrected chi connectivity index (χ1v) is 7.63. The molecule has 1 aliphatic carbocycles. The van der Waals surface area contributed by atoms with Gasteiger partial charge in [0.25, 0.3) is 0 Å². The van der Waals surface area contributed by atoms with Gasteiger partial charge in [0.15, 0.2) is 0 Å². The maximum absolute atomic E-state index is 6.08. The van der Waals surface area contributed by atoms with Gasteiger partial charge >= 0.3 is 0 Å². The van der Waals surface area contributed by atoms with Crippen molar-refractivity contribution < 1.29 is 4.74 Å². The Hall–Kier alpha value is -0.570. The third kappa shape index (κ3) is 3.44. The number of aromatic nitrogens is 1. The summed E-state index contributed by atoms with van der Waals surface area (Å²) < 4.78 is 6.08. The Labute approximate surface area is 112 Å². The highest BCUT2D eigenvalue weighted by molar-refractivity contribution is 9.08. The maximum atomic E-state index is 6.08. The van der Waals surface area contributed by atoms with E-state index >= 15 is 0 Å². The summed E-state index contributed by atoms with van der Waals surface area (Å²) in [5, 5.41) is 0.800. The third-order valence-corrected chi connectivity index (χ3v) is 4.16. The van der Waals surface area contributed by atoms with E-state index in [1.165, 1.54) is 32.1 Å². The molecule has 2 rings (SSSR count). The zero-order chi connectivity index (χ0) is 12.1. The number of pyridine rings is 1. The molecule has 1 heterocycles. The van der Waals surface area contributed by atoms with Crippen LogP contribution in [0.5, 0.6) is 5.75 Å². The summed E-state index contributed by atoms with van der Waals surface area (Å²) >= 11 is 3.40. The first-order valence-electron chi connectivity index (χ1n) is 6.51. The lowest BCUT2D eigenvalue weighted by molar-refractivity contribution is 0.0900. The fraction of sp³-hybridized carbons (Fsp3) is 0.643. The van der Waals surface area contributed by atoms with Crippen molar-refractivity contribution in [3.63, 3.8) is 0 Å². The zero-order valence-electron chi connectivity index (χ0n) is 10.4. The Kier molecular flexibility index (Phi) is 4.84. The second-order valence-electron chi connectivity index (χ2n) is 4.73. The molecule has 1 fully saturated rings. The summed E-state index contributed by atoms with van der Waals surface area (Å²) in [4.78, 5) is 4.34. The van der Waals surface area contributed by atoms with Gasteiger partial charge in [0.1, 0.15) is 11.9 Å². The van der Waals surface area contributed by atoms with Crippen LogP contribution in [0.4, 0.5) is 0 Å². The average molecular weight is 298 g/mol. The summed E-state index contributed by atoms with van der Waals surface area (Å²) in [5.74, 6) is 1.64. The molecule has 1 aromatic rings. The minimum atomic E-state index is 0.394. The smallest absolute Gasteiger partial charge is 0.138 e. The molecule has 0 aromatic carbocycles. The molecular formula is C14H20BrNO. The lowest BCUT2D eigenvalue weighted by Crippen LogP contribution is -2.29. The highest BCUT2D eigenvalue weighted by Crippen LogP contribution is 2.30. The molecule has 2 atom stereocenters. The van der Waals surface area contributed by atoms with Crippen LogP contribution in [0.25, 0.3) is 0 Å². The van der Waals surface area contributed by atoms with E-state index in [0.717, 1.165) is 22.7 Å². The van der Waals surface area contributed by atoms with Crippen LogP contribution in [-0.2, 0) is 5.33 Å². The van der Waals surface area contributed by atoms with Crippen molar-refractivity contribution in [1.29, 1.82) is 0 Å². The molecule has 0 amide bonds. The minimum absolute atomic E-state index is 0.394. The summed E-state index contributed by atoms with van der Waals surface area (Å²) in [7, 11) is 0. The van der Waals surface area contributed by atoms with Crippen molar-refractivity contribution in [1.82, 2.24) is 4.98 Å². The number of nitrogens with zero attached hydrogens (tertiary/aromatic N) is 1. The highest BCUT2D eigenvalue weighted by atomic mass is 79.9. The van der Waals surface area contributed by atoms with Gasteiger partial charge in [-0.25, -0.2) is 0 Å². The van der Waals surface area contributed by atoms with Gasteiger partial charge in [0.05, 0.1) is 11.9 Å². The third-order valence-electron chi connectivity index (χ3n) is 3.59. The Morgan fingerprint density at radius 3 is 2.82 bits per heavy atom. The Morgan fingerprint density at radius 2 is 2.18 bits per heavy atom. The van der Waals surface area contributed by atoms with Crippen molar-refractivity contribution in [2.75, 3.05) is 0 Å². The van der Waals surface area contributed by atoms with E-state index < -0.39 is 0 Å². The second kappa shape index (κ2) is 6.39. The van der Waals surface area contributed by atoms with Gasteiger partial charge in [-0.05, 0) is 43.7 Å². The molecule has 0 bridgehead atoms. The van der Waals surface area contributed by atoms with Crippen LogP contribution < -0.4 is 4.74 Å². The SMILES string of the molecule is CCC1CCCCC1Oc1ccc(CBr)nc1. The van der Waals surface area contributed by atoms with Gasteiger partial charge in [-0.1, -0.05) is 29.3 Å². The zero-order valence-corrected chi connectivity index (χ0v) is 11.9. The Bertz CT molecular complexity index is 339. The molecule has 1 aromatic heterocycles. The van der Waals surface area contributed by atoms with Gasteiger partial charge in [0.2, 0.25) is 0 Å². The average Bonchev–Trinajstić information content (AvgIpc) is 2.40. The van der Waals surface area contributed by atoms with Gasteiger partial charge in [-0.3, -0.25) is 4.98 Å². The first kappa shape index (κ1) is 12.9. The van der Waals surface area contributed by atoms with Crippen molar-refractivity contribution in [2.24, 2.45) is 5.92 Å². The number of ether oxygens (including phenoxy) is 1. The molecule has 0 spiro atoms. The van der Waals surface area contributed by atoms with E-state index in [2.05, 4.69) is 27.8 Å². The Morgan fingerprint density at radius 1 is 1.35 bits per heavy atom. The van der Waals surface area contributed by atoms with E-state index in [4.69, 9.17) is 4.74 Å². The maximum Gasteiger partial charge on any atom is 0.138 e.